The lowest BCUT2D eigenvalue weighted by atomic mass is 10.0. The van der Waals surface area contributed by atoms with Crippen molar-refractivity contribution in [1.29, 1.82) is 0 Å². The summed E-state index contributed by atoms with van der Waals surface area (Å²) in [6.45, 7) is 12.4. The van der Waals surface area contributed by atoms with Crippen molar-refractivity contribution in [3.8, 4) is 29.9 Å². The maximum absolute atomic E-state index is 14.2. The third-order valence-corrected chi connectivity index (χ3v) is 20.1. The Bertz CT molecular complexity index is 2990. The molecule has 6 heterocycles. The fourth-order valence-corrected chi connectivity index (χ4v) is 16.3. The molecule has 2 aliphatic heterocycles. The number of rotatable bonds is 24. The second-order valence-electron chi connectivity index (χ2n) is 18.4. The molecule has 0 unspecified atom stereocenters. The summed E-state index contributed by atoms with van der Waals surface area (Å²) < 4.78 is 7.98. The normalized spacial score (nSPS) is 14.7. The molecule has 2 aromatic carbocycles. The lowest BCUT2D eigenvalue weighted by Gasteiger charge is -2.25. The van der Waals surface area contributed by atoms with E-state index in [0.29, 0.717) is 31.4 Å². The number of thiocarbonyl (C=S) groups is 1. The molecule has 8 rings (SSSR count). The average Bonchev–Trinajstić information content (AvgIpc) is 4.19. The van der Waals surface area contributed by atoms with Crippen LogP contribution in [0.25, 0.3) is 40.9 Å². The molecule has 13 heteroatoms. The molecule has 0 N–H and O–H groups in total. The smallest absolute Gasteiger partial charge is 0.294 e. The largest absolute Gasteiger partial charge is 0.446 e. The Morgan fingerprint density at radius 3 is 1.86 bits per heavy atom. The second kappa shape index (κ2) is 25.0. The van der Waals surface area contributed by atoms with Gasteiger partial charge in [0, 0.05) is 53.7 Å². The first-order valence-electron chi connectivity index (χ1n) is 25.6. The highest BCUT2D eigenvalue weighted by Gasteiger charge is 2.33. The van der Waals surface area contributed by atoms with Crippen LogP contribution in [0.15, 0.2) is 65.5 Å². The molecule has 370 valence electrons. The van der Waals surface area contributed by atoms with E-state index in [9.17, 15) is 14.4 Å². The van der Waals surface area contributed by atoms with E-state index in [1.807, 2.05) is 35.7 Å². The molecular weight excluding hydrogens is 983 g/mol. The van der Waals surface area contributed by atoms with Crippen molar-refractivity contribution < 1.29 is 14.3 Å². The SMILES string of the molecule is CCCCCCc1cc(-c2sc(-c3sc(-c4ccc5c(c4)CCc4ccccc4N5CC)cc3CCCCCC)cc2CCCCCC)sc1C=c1sc(=C2SC(=S)N(CC)C2=O)n(COC=O)c1=O. The number of carbonyl (C=O) groups is 2. The zero-order valence-electron chi connectivity index (χ0n) is 41.5. The van der Waals surface area contributed by atoms with Crippen LogP contribution in [0.5, 0.6) is 0 Å². The van der Waals surface area contributed by atoms with Crippen LogP contribution < -0.4 is 19.7 Å². The summed E-state index contributed by atoms with van der Waals surface area (Å²) in [5.74, 6) is -0.227. The van der Waals surface area contributed by atoms with E-state index in [4.69, 9.17) is 17.0 Å². The monoisotopic (exact) mass is 1050 g/mol. The van der Waals surface area contributed by atoms with Crippen molar-refractivity contribution in [1.82, 2.24) is 9.47 Å². The van der Waals surface area contributed by atoms with Gasteiger partial charge in [0.05, 0.1) is 4.53 Å². The molecule has 4 aromatic heterocycles. The molecule has 7 nitrogen and oxygen atoms in total. The maximum Gasteiger partial charge on any atom is 0.294 e. The molecule has 6 aromatic rings. The number of unbranched alkanes of at least 4 members (excludes halogenated alkanes) is 9. The molecule has 0 radical (unpaired) electrons. The standard InChI is InChI=1S/C57H67N3O4S6/c1-6-11-14-17-23-40-32-48(66-47(40)35-50-54(62)60(36-64-37-61)56(69-50)53-55(63)59(10-5)57(65)70-53)51-43(25-19-16-13-8-3)34-49(68-51)52-42(24-18-15-12-7-2)33-46(67-52)41-29-30-45-39(31-41)28-27-38-22-20-21-26-44(38)58(45)9-4/h20-22,26,29-35,37H,6-19,23-25,27-28,36H2,1-5H3. The van der Waals surface area contributed by atoms with Crippen molar-refractivity contribution in [2.75, 3.05) is 18.0 Å². The zero-order valence-corrected chi connectivity index (χ0v) is 46.4. The van der Waals surface area contributed by atoms with Gasteiger partial charge in [-0.2, -0.15) is 0 Å². The minimum absolute atomic E-state index is 0.227. The summed E-state index contributed by atoms with van der Waals surface area (Å²) in [6, 6.07) is 23.5. The van der Waals surface area contributed by atoms with Gasteiger partial charge in [-0.1, -0.05) is 127 Å². The van der Waals surface area contributed by atoms with Gasteiger partial charge in [-0.3, -0.25) is 23.9 Å². The van der Waals surface area contributed by atoms with E-state index in [2.05, 4.69) is 93.3 Å². The topological polar surface area (TPSA) is 71.8 Å². The molecule has 0 spiro atoms. The van der Waals surface area contributed by atoms with Gasteiger partial charge in [-0.05, 0) is 141 Å². The number of carbonyl (C=O) groups excluding carboxylic acids is 2. The molecular formula is C57H67N3O4S6. The number of anilines is 2. The number of nitrogens with zero attached hydrogens (tertiary/aromatic N) is 3. The Hall–Kier alpha value is -4.11. The molecule has 0 bridgehead atoms. The van der Waals surface area contributed by atoms with Crippen LogP contribution in [0.2, 0.25) is 0 Å². The molecule has 1 amide bonds. The van der Waals surface area contributed by atoms with Gasteiger partial charge in [0.2, 0.25) is 0 Å². The Morgan fingerprint density at radius 1 is 0.629 bits per heavy atom. The number of benzene rings is 2. The number of hydrogen-bond donors (Lipinski definition) is 0. The number of ether oxygens (including phenoxy) is 1. The van der Waals surface area contributed by atoms with Crippen LogP contribution in [-0.4, -0.2) is 39.3 Å². The van der Waals surface area contributed by atoms with Gasteiger partial charge in [0.1, 0.15) is 13.9 Å². The summed E-state index contributed by atoms with van der Waals surface area (Å²) in [5.41, 5.74) is 10.6. The van der Waals surface area contributed by atoms with Gasteiger partial charge >= 0.3 is 0 Å². The van der Waals surface area contributed by atoms with E-state index in [0.717, 1.165) is 69.2 Å². The van der Waals surface area contributed by atoms with E-state index in [1.54, 1.807) is 16.2 Å². The summed E-state index contributed by atoms with van der Waals surface area (Å²) in [4.78, 5) is 51.4. The van der Waals surface area contributed by atoms with Crippen LogP contribution in [0.3, 0.4) is 0 Å². The molecule has 0 aliphatic carbocycles. The number of hydrogen-bond acceptors (Lipinski definition) is 11. The van der Waals surface area contributed by atoms with E-state index in [1.165, 1.54) is 148 Å². The first kappa shape index (κ1) is 52.2. The number of thiophene rings is 3. The average molecular weight is 1050 g/mol. The van der Waals surface area contributed by atoms with Crippen LogP contribution in [-0.2, 0) is 53.2 Å². The van der Waals surface area contributed by atoms with Crippen molar-refractivity contribution >= 4 is 108 Å². The molecule has 0 atom stereocenters. The molecule has 0 saturated carbocycles. The quantitative estimate of drug-likeness (QED) is 0.0340. The molecule has 1 saturated heterocycles. The molecule has 70 heavy (non-hydrogen) atoms. The lowest BCUT2D eigenvalue weighted by molar-refractivity contribution is -0.132. The third kappa shape index (κ3) is 11.7. The van der Waals surface area contributed by atoms with E-state index in [-0.39, 0.29) is 18.2 Å². The Kier molecular flexibility index (Phi) is 18.7. The van der Waals surface area contributed by atoms with Crippen LogP contribution >= 0.6 is 69.3 Å². The number of amides is 1. The third-order valence-electron chi connectivity index (χ3n) is 13.5. The van der Waals surface area contributed by atoms with Gasteiger partial charge < -0.3 is 9.64 Å². The minimum atomic E-state index is -0.284. The molecule has 2 aliphatic rings. The lowest BCUT2D eigenvalue weighted by Crippen LogP contribution is -2.34. The van der Waals surface area contributed by atoms with Crippen molar-refractivity contribution in [3.05, 3.63) is 113 Å². The van der Waals surface area contributed by atoms with Gasteiger partial charge in [0.15, 0.2) is 6.73 Å². The van der Waals surface area contributed by atoms with Crippen molar-refractivity contribution in [3.63, 3.8) is 0 Å². The number of para-hydroxylation sites is 1. The second-order valence-corrected chi connectivity index (χ2v) is 24.2. The van der Waals surface area contributed by atoms with Crippen LogP contribution in [0.1, 0.15) is 144 Å². The number of thiazole rings is 1. The Labute approximate surface area is 440 Å². The van der Waals surface area contributed by atoms with Crippen molar-refractivity contribution in [2.24, 2.45) is 0 Å². The number of aromatic nitrogens is 1. The van der Waals surface area contributed by atoms with Crippen LogP contribution in [0, 0.1) is 0 Å². The summed E-state index contributed by atoms with van der Waals surface area (Å²) in [5, 5.41) is 0. The Morgan fingerprint density at radius 2 is 1.21 bits per heavy atom. The zero-order chi connectivity index (χ0) is 49.1. The van der Waals surface area contributed by atoms with Gasteiger partial charge in [-0.25, -0.2) is 0 Å². The van der Waals surface area contributed by atoms with Gasteiger partial charge in [-0.15, -0.1) is 45.3 Å². The van der Waals surface area contributed by atoms with Crippen LogP contribution in [0.4, 0.5) is 11.4 Å². The number of fused-ring (bicyclic) bond motifs is 2. The minimum Gasteiger partial charge on any atom is -0.446 e. The fourth-order valence-electron chi connectivity index (χ4n) is 9.76. The summed E-state index contributed by atoms with van der Waals surface area (Å²) in [7, 11) is 0. The fraction of sp³-hybridized carbons (Fsp3) is 0.439. The first-order valence-corrected chi connectivity index (χ1v) is 30.1. The highest BCUT2D eigenvalue weighted by molar-refractivity contribution is 8.30. The Balaban J connectivity index is 1.22. The predicted molar refractivity (Wildman–Crippen MR) is 306 cm³/mol. The van der Waals surface area contributed by atoms with Gasteiger partial charge in [0.25, 0.3) is 17.9 Å². The summed E-state index contributed by atoms with van der Waals surface area (Å²) in [6.07, 6.45) is 21.3. The highest BCUT2D eigenvalue weighted by atomic mass is 32.2. The first-order chi connectivity index (χ1) is 34.2. The highest BCUT2D eigenvalue weighted by Crippen LogP contribution is 2.48. The predicted octanol–water partition coefficient (Wildman–Crippen LogP) is 14.7. The maximum atomic E-state index is 14.2. The molecule has 1 fully saturated rings. The van der Waals surface area contributed by atoms with E-state index < -0.39 is 0 Å². The van der Waals surface area contributed by atoms with E-state index >= 15 is 0 Å². The van der Waals surface area contributed by atoms with Crippen molar-refractivity contribution in [2.45, 2.75) is 151 Å². The number of thioether (sulfide) groups is 1. The number of aryl methyl sites for hydroxylation is 5. The summed E-state index contributed by atoms with van der Waals surface area (Å²) >= 11 is 13.7.